The number of hydrogen-bond donors (Lipinski definition) is 0. The van der Waals surface area contributed by atoms with Gasteiger partial charge < -0.3 is 18.9 Å². The number of benzene rings is 2. The number of carbonyl (C=O) groups is 1. The molecule has 4 rings (SSSR count). The quantitative estimate of drug-likeness (QED) is 0.629. The predicted molar refractivity (Wildman–Crippen MR) is 115 cm³/mol. The fraction of sp³-hybridized carbons (Fsp3) is 0.333. The highest BCUT2D eigenvalue weighted by molar-refractivity contribution is 5.94. The highest BCUT2D eigenvalue weighted by Gasteiger charge is 2.23. The molecule has 0 radical (unpaired) electrons. The monoisotopic (exact) mass is 405 g/mol. The molecule has 0 aliphatic carbocycles. The zero-order chi connectivity index (χ0) is 20.9. The van der Waals surface area contributed by atoms with Crippen LogP contribution in [0.5, 0.6) is 0 Å². The van der Waals surface area contributed by atoms with Gasteiger partial charge in [-0.1, -0.05) is 36.4 Å². The summed E-state index contributed by atoms with van der Waals surface area (Å²) >= 11 is 0. The van der Waals surface area contributed by atoms with Gasteiger partial charge in [-0.3, -0.25) is 4.79 Å². The van der Waals surface area contributed by atoms with Crippen LogP contribution < -0.4 is 0 Å². The molecule has 3 aromatic rings. The fourth-order valence-electron chi connectivity index (χ4n) is 3.99. The van der Waals surface area contributed by atoms with E-state index in [0.29, 0.717) is 31.9 Å². The van der Waals surface area contributed by atoms with Crippen molar-refractivity contribution < 1.29 is 14.3 Å². The number of carbonyl (C=O) groups excluding carboxylic acids is 1. The number of ether oxygens (including phenoxy) is 2. The zero-order valence-corrected chi connectivity index (χ0v) is 17.5. The average molecular weight is 405 g/mol. The number of nitrogens with zero attached hydrogens (tertiary/aromatic N) is 3. The van der Waals surface area contributed by atoms with Crippen molar-refractivity contribution in [2.75, 3.05) is 27.3 Å². The molecule has 156 valence electrons. The Morgan fingerprint density at radius 3 is 2.50 bits per heavy atom. The molecule has 6 heteroatoms. The molecule has 30 heavy (non-hydrogen) atoms. The average Bonchev–Trinajstić information content (AvgIpc) is 3.05. The van der Waals surface area contributed by atoms with Crippen LogP contribution in [-0.4, -0.2) is 47.7 Å². The third-order valence-corrected chi connectivity index (χ3v) is 5.53. The first-order chi connectivity index (χ1) is 14.7. The van der Waals surface area contributed by atoms with Gasteiger partial charge in [0.25, 0.3) is 5.91 Å². The van der Waals surface area contributed by atoms with Gasteiger partial charge in [-0.15, -0.1) is 0 Å². The first-order valence-electron chi connectivity index (χ1n) is 10.2. The maximum absolute atomic E-state index is 13.0. The van der Waals surface area contributed by atoms with E-state index < -0.39 is 0 Å². The summed E-state index contributed by atoms with van der Waals surface area (Å²) in [6.07, 6.45) is 2.68. The van der Waals surface area contributed by atoms with E-state index >= 15 is 0 Å². The minimum Gasteiger partial charge on any atom is -0.380 e. The molecule has 2 aromatic carbocycles. The van der Waals surface area contributed by atoms with Crippen molar-refractivity contribution in [3.63, 3.8) is 0 Å². The molecule has 0 fully saturated rings. The number of hydrogen-bond acceptors (Lipinski definition) is 4. The van der Waals surface area contributed by atoms with Crippen LogP contribution in [0.4, 0.5) is 0 Å². The second-order valence-electron chi connectivity index (χ2n) is 7.47. The lowest BCUT2D eigenvalue weighted by atomic mass is 10.1. The molecule has 0 bridgehead atoms. The second kappa shape index (κ2) is 9.24. The Balaban J connectivity index is 1.53. The van der Waals surface area contributed by atoms with Gasteiger partial charge >= 0.3 is 0 Å². The highest BCUT2D eigenvalue weighted by Crippen LogP contribution is 2.27. The minimum absolute atomic E-state index is 0.0612. The van der Waals surface area contributed by atoms with Crippen LogP contribution in [0.25, 0.3) is 11.3 Å². The van der Waals surface area contributed by atoms with E-state index in [1.807, 2.05) is 47.5 Å². The van der Waals surface area contributed by atoms with Crippen LogP contribution in [0.1, 0.15) is 27.3 Å². The molecule has 0 N–H and O–H groups in total. The van der Waals surface area contributed by atoms with Gasteiger partial charge in [0.2, 0.25) is 0 Å². The summed E-state index contributed by atoms with van der Waals surface area (Å²) < 4.78 is 12.8. The Labute approximate surface area is 177 Å². The first-order valence-corrected chi connectivity index (χ1v) is 10.2. The molecule has 0 saturated carbocycles. The summed E-state index contributed by atoms with van der Waals surface area (Å²) in [7, 11) is 3.38. The van der Waals surface area contributed by atoms with Crippen molar-refractivity contribution in [3.8, 4) is 11.3 Å². The number of methoxy groups -OCH3 is 2. The number of aromatic nitrogens is 2. The Hall–Kier alpha value is -2.96. The normalized spacial score (nSPS) is 13.7. The van der Waals surface area contributed by atoms with Crippen molar-refractivity contribution in [3.05, 3.63) is 77.2 Å². The molecule has 0 unspecified atom stereocenters. The van der Waals surface area contributed by atoms with E-state index in [1.165, 1.54) is 0 Å². The van der Waals surface area contributed by atoms with Crippen LogP contribution in [0.2, 0.25) is 0 Å². The number of amides is 1. The minimum atomic E-state index is 0.0612. The topological polar surface area (TPSA) is 56.6 Å². The lowest BCUT2D eigenvalue weighted by Crippen LogP contribution is -2.33. The van der Waals surface area contributed by atoms with Gasteiger partial charge in [0.1, 0.15) is 5.82 Å². The fourth-order valence-corrected chi connectivity index (χ4v) is 3.99. The Kier molecular flexibility index (Phi) is 6.26. The molecule has 2 heterocycles. The van der Waals surface area contributed by atoms with Gasteiger partial charge in [-0.25, -0.2) is 4.98 Å². The van der Waals surface area contributed by atoms with Gasteiger partial charge in [0.15, 0.2) is 0 Å². The molecule has 0 atom stereocenters. The molecule has 1 aliphatic rings. The summed E-state index contributed by atoms with van der Waals surface area (Å²) in [6, 6.07) is 15.9. The molecule has 6 nitrogen and oxygen atoms in total. The molecule has 1 aromatic heterocycles. The number of rotatable bonds is 6. The molecule has 0 saturated heterocycles. The molecular weight excluding hydrogens is 378 g/mol. The summed E-state index contributed by atoms with van der Waals surface area (Å²) in [5, 5.41) is 0. The van der Waals surface area contributed by atoms with E-state index in [1.54, 1.807) is 14.2 Å². The maximum Gasteiger partial charge on any atom is 0.253 e. The lowest BCUT2D eigenvalue weighted by Gasteiger charge is -2.20. The summed E-state index contributed by atoms with van der Waals surface area (Å²) in [5.41, 5.74) is 5.11. The van der Waals surface area contributed by atoms with Crippen LogP contribution in [0.15, 0.2) is 54.7 Å². The largest absolute Gasteiger partial charge is 0.380 e. The van der Waals surface area contributed by atoms with Crippen LogP contribution in [-0.2, 0) is 35.7 Å². The lowest BCUT2D eigenvalue weighted by molar-refractivity contribution is 0.0759. The Bertz CT molecular complexity index is 1010. The zero-order valence-electron chi connectivity index (χ0n) is 17.5. The third-order valence-electron chi connectivity index (χ3n) is 5.53. The van der Waals surface area contributed by atoms with Crippen molar-refractivity contribution in [2.24, 2.45) is 0 Å². The molecular formula is C24H27N3O3. The molecule has 0 spiro atoms. The molecule has 1 aliphatic heterocycles. The standard InChI is InChI=1S/C24H27N3O3/c1-29-16-18-7-9-19(10-8-18)24(28)26-12-11-23-25-15-22(27(23)14-13-26)21-6-4-3-5-20(21)17-30-2/h3-10,15H,11-14,16-17H2,1-2H3. The number of fused-ring (bicyclic) bond motifs is 1. The van der Waals surface area contributed by atoms with Gasteiger partial charge in [0, 0.05) is 51.4 Å². The smallest absolute Gasteiger partial charge is 0.253 e. The van der Waals surface area contributed by atoms with Crippen molar-refractivity contribution in [1.82, 2.24) is 14.5 Å². The van der Waals surface area contributed by atoms with Crippen molar-refractivity contribution in [2.45, 2.75) is 26.2 Å². The van der Waals surface area contributed by atoms with E-state index in [2.05, 4.69) is 21.7 Å². The second-order valence-corrected chi connectivity index (χ2v) is 7.47. The molecule has 1 amide bonds. The SMILES string of the molecule is COCc1ccc(C(=O)N2CCc3ncc(-c4ccccc4COC)n3CC2)cc1. The van der Waals surface area contributed by atoms with E-state index in [9.17, 15) is 4.79 Å². The van der Waals surface area contributed by atoms with Gasteiger partial charge in [0.05, 0.1) is 25.1 Å². The Morgan fingerprint density at radius 2 is 1.73 bits per heavy atom. The van der Waals surface area contributed by atoms with Crippen LogP contribution in [0.3, 0.4) is 0 Å². The van der Waals surface area contributed by atoms with Crippen molar-refractivity contribution >= 4 is 5.91 Å². The maximum atomic E-state index is 13.0. The first kappa shape index (κ1) is 20.3. The predicted octanol–water partition coefficient (Wildman–Crippen LogP) is 3.54. The summed E-state index contributed by atoms with van der Waals surface area (Å²) in [6.45, 7) is 3.14. The summed E-state index contributed by atoms with van der Waals surface area (Å²) in [4.78, 5) is 19.6. The van der Waals surface area contributed by atoms with Crippen LogP contribution >= 0.6 is 0 Å². The van der Waals surface area contributed by atoms with E-state index in [4.69, 9.17) is 9.47 Å². The third kappa shape index (κ3) is 4.15. The summed E-state index contributed by atoms with van der Waals surface area (Å²) in [5.74, 6) is 1.08. The van der Waals surface area contributed by atoms with E-state index in [-0.39, 0.29) is 5.91 Å². The van der Waals surface area contributed by atoms with Crippen molar-refractivity contribution in [1.29, 1.82) is 0 Å². The Morgan fingerprint density at radius 1 is 0.967 bits per heavy atom. The van der Waals surface area contributed by atoms with Crippen LogP contribution in [0, 0.1) is 0 Å². The van der Waals surface area contributed by atoms with Gasteiger partial charge in [-0.2, -0.15) is 0 Å². The van der Waals surface area contributed by atoms with E-state index in [0.717, 1.165) is 41.2 Å². The van der Waals surface area contributed by atoms with Gasteiger partial charge in [-0.05, 0) is 23.3 Å². The highest BCUT2D eigenvalue weighted by atomic mass is 16.5. The number of imidazole rings is 1.